The van der Waals surface area contributed by atoms with E-state index in [4.69, 9.17) is 11.6 Å². The molecule has 2 rings (SSSR count). The summed E-state index contributed by atoms with van der Waals surface area (Å²) in [4.78, 5) is 13.7. The van der Waals surface area contributed by atoms with Gasteiger partial charge in [-0.2, -0.15) is 8.78 Å². The van der Waals surface area contributed by atoms with Crippen LogP contribution < -0.4 is 10.1 Å². The van der Waals surface area contributed by atoms with Crippen molar-refractivity contribution in [1.29, 1.82) is 0 Å². The summed E-state index contributed by atoms with van der Waals surface area (Å²) in [5.74, 6) is -0.933. The maximum Gasteiger partial charge on any atom is 0.387 e. The van der Waals surface area contributed by atoms with E-state index in [0.29, 0.717) is 6.54 Å². The van der Waals surface area contributed by atoms with Crippen LogP contribution in [0.5, 0.6) is 5.75 Å². The molecule has 0 radical (unpaired) electrons. The van der Waals surface area contributed by atoms with Gasteiger partial charge < -0.3 is 10.1 Å². The van der Waals surface area contributed by atoms with Crippen molar-refractivity contribution in [2.45, 2.75) is 13.2 Å². The standard InChI is InChI=1S/C17H16ClF3N2O2/c1-23(9-11-2-5-13(6-3-11)25-17(20)21)10-16(24)22-15-7-4-12(18)8-14(15)19/h2-8,17H,9-10H2,1H3,(H,22,24). The Hall–Kier alpha value is -2.25. The SMILES string of the molecule is CN(CC(=O)Nc1ccc(Cl)cc1F)Cc1ccc(OC(F)F)cc1. The molecule has 0 saturated carbocycles. The molecule has 8 heteroatoms. The molecular formula is C17H16ClF3N2O2. The fourth-order valence-corrected chi connectivity index (χ4v) is 2.33. The molecule has 0 atom stereocenters. The van der Waals surface area contributed by atoms with Gasteiger partial charge in [-0.25, -0.2) is 4.39 Å². The van der Waals surface area contributed by atoms with E-state index in [1.807, 2.05) is 0 Å². The fourth-order valence-electron chi connectivity index (χ4n) is 2.17. The van der Waals surface area contributed by atoms with Crippen molar-refractivity contribution in [3.8, 4) is 5.75 Å². The van der Waals surface area contributed by atoms with E-state index < -0.39 is 12.4 Å². The third-order valence-corrected chi connectivity index (χ3v) is 3.45. The number of anilines is 1. The maximum atomic E-state index is 13.6. The molecule has 134 valence electrons. The topological polar surface area (TPSA) is 41.6 Å². The summed E-state index contributed by atoms with van der Waals surface area (Å²) in [5.41, 5.74) is 0.867. The molecule has 0 saturated heterocycles. The van der Waals surface area contributed by atoms with Crippen LogP contribution in [0.4, 0.5) is 18.9 Å². The van der Waals surface area contributed by atoms with Gasteiger partial charge >= 0.3 is 6.61 Å². The number of nitrogens with one attached hydrogen (secondary N) is 1. The van der Waals surface area contributed by atoms with E-state index in [2.05, 4.69) is 10.1 Å². The Morgan fingerprint density at radius 2 is 1.92 bits per heavy atom. The van der Waals surface area contributed by atoms with Crippen molar-refractivity contribution in [3.63, 3.8) is 0 Å². The van der Waals surface area contributed by atoms with Crippen LogP contribution in [0, 0.1) is 5.82 Å². The number of nitrogens with zero attached hydrogens (tertiary/aromatic N) is 1. The molecule has 0 aliphatic heterocycles. The van der Waals surface area contributed by atoms with Crippen LogP contribution in [0.3, 0.4) is 0 Å². The summed E-state index contributed by atoms with van der Waals surface area (Å²) in [6.07, 6.45) is 0. The number of hydrogen-bond donors (Lipinski definition) is 1. The molecule has 0 aliphatic carbocycles. The lowest BCUT2D eigenvalue weighted by molar-refractivity contribution is -0.117. The smallest absolute Gasteiger partial charge is 0.387 e. The van der Waals surface area contributed by atoms with E-state index >= 15 is 0 Å². The summed E-state index contributed by atoms with van der Waals surface area (Å²) in [7, 11) is 1.71. The van der Waals surface area contributed by atoms with Crippen LogP contribution in [0.25, 0.3) is 0 Å². The van der Waals surface area contributed by atoms with Crippen molar-refractivity contribution >= 4 is 23.2 Å². The molecule has 25 heavy (non-hydrogen) atoms. The summed E-state index contributed by atoms with van der Waals surface area (Å²) in [6, 6.07) is 10.1. The number of ether oxygens (including phenoxy) is 1. The lowest BCUT2D eigenvalue weighted by atomic mass is 10.2. The number of carbonyl (C=O) groups is 1. The van der Waals surface area contributed by atoms with Gasteiger partial charge in [0, 0.05) is 11.6 Å². The molecule has 0 bridgehead atoms. The largest absolute Gasteiger partial charge is 0.435 e. The summed E-state index contributed by atoms with van der Waals surface area (Å²) >= 11 is 5.66. The van der Waals surface area contributed by atoms with Crippen LogP contribution in [0.2, 0.25) is 5.02 Å². The van der Waals surface area contributed by atoms with E-state index in [1.54, 1.807) is 24.1 Å². The van der Waals surface area contributed by atoms with Gasteiger partial charge in [-0.3, -0.25) is 9.69 Å². The van der Waals surface area contributed by atoms with Gasteiger partial charge in [0.25, 0.3) is 0 Å². The average Bonchev–Trinajstić information content (AvgIpc) is 2.51. The highest BCUT2D eigenvalue weighted by molar-refractivity contribution is 6.30. The van der Waals surface area contributed by atoms with E-state index in [0.717, 1.165) is 11.6 Å². The van der Waals surface area contributed by atoms with Crippen LogP contribution in [-0.2, 0) is 11.3 Å². The van der Waals surface area contributed by atoms with Crippen molar-refractivity contribution in [2.24, 2.45) is 0 Å². The number of likely N-dealkylation sites (N-methyl/N-ethyl adjacent to an activating group) is 1. The molecular weight excluding hydrogens is 357 g/mol. The Morgan fingerprint density at radius 1 is 1.24 bits per heavy atom. The van der Waals surface area contributed by atoms with Gasteiger partial charge in [0.05, 0.1) is 12.2 Å². The highest BCUT2D eigenvalue weighted by Crippen LogP contribution is 2.19. The third-order valence-electron chi connectivity index (χ3n) is 3.22. The van der Waals surface area contributed by atoms with Gasteiger partial charge in [-0.05, 0) is 42.9 Å². The number of alkyl halides is 2. The quantitative estimate of drug-likeness (QED) is 0.793. The van der Waals surface area contributed by atoms with Crippen LogP contribution in [0.1, 0.15) is 5.56 Å². The zero-order valence-corrected chi connectivity index (χ0v) is 14.1. The fraction of sp³-hybridized carbons (Fsp3) is 0.235. The number of amides is 1. The molecule has 0 unspecified atom stereocenters. The molecule has 0 aliphatic rings. The second-order valence-electron chi connectivity index (χ2n) is 5.37. The predicted octanol–water partition coefficient (Wildman–Crippen LogP) is 4.15. The first-order valence-electron chi connectivity index (χ1n) is 7.30. The van der Waals surface area contributed by atoms with Gasteiger partial charge in [-0.15, -0.1) is 0 Å². The minimum absolute atomic E-state index is 0.0252. The second kappa shape index (κ2) is 8.73. The van der Waals surface area contributed by atoms with Crippen molar-refractivity contribution in [2.75, 3.05) is 18.9 Å². The van der Waals surface area contributed by atoms with E-state index in [-0.39, 0.29) is 28.9 Å². The van der Waals surface area contributed by atoms with Crippen LogP contribution in [-0.4, -0.2) is 31.0 Å². The molecule has 4 nitrogen and oxygen atoms in total. The second-order valence-corrected chi connectivity index (χ2v) is 5.80. The van der Waals surface area contributed by atoms with Gasteiger partial charge in [0.1, 0.15) is 11.6 Å². The number of carbonyl (C=O) groups excluding carboxylic acids is 1. The van der Waals surface area contributed by atoms with Crippen molar-refractivity contribution in [1.82, 2.24) is 4.90 Å². The molecule has 2 aromatic rings. The minimum Gasteiger partial charge on any atom is -0.435 e. The predicted molar refractivity (Wildman–Crippen MR) is 89.4 cm³/mol. The Labute approximate surface area is 148 Å². The molecule has 0 heterocycles. The highest BCUT2D eigenvalue weighted by Gasteiger charge is 2.11. The Morgan fingerprint density at radius 3 is 2.52 bits per heavy atom. The molecule has 1 N–H and O–H groups in total. The van der Waals surface area contributed by atoms with Crippen molar-refractivity contribution in [3.05, 3.63) is 58.9 Å². The van der Waals surface area contributed by atoms with Gasteiger partial charge in [-0.1, -0.05) is 23.7 Å². The van der Waals surface area contributed by atoms with Crippen molar-refractivity contribution < 1.29 is 22.7 Å². The average molecular weight is 373 g/mol. The summed E-state index contributed by atoms with van der Waals surface area (Å²) in [6.45, 7) is -2.44. The van der Waals surface area contributed by atoms with E-state index in [9.17, 15) is 18.0 Å². The lowest BCUT2D eigenvalue weighted by Crippen LogP contribution is -2.30. The number of hydrogen-bond acceptors (Lipinski definition) is 3. The summed E-state index contributed by atoms with van der Waals surface area (Å²) < 4.78 is 42.1. The first kappa shape index (κ1) is 19.1. The number of rotatable bonds is 7. The molecule has 0 fully saturated rings. The first-order chi connectivity index (χ1) is 11.8. The normalized spacial score (nSPS) is 11.0. The summed E-state index contributed by atoms with van der Waals surface area (Å²) in [5, 5.41) is 2.71. The molecule has 2 aromatic carbocycles. The Bertz CT molecular complexity index is 726. The zero-order chi connectivity index (χ0) is 18.4. The Balaban J connectivity index is 1.86. The van der Waals surface area contributed by atoms with Crippen LogP contribution >= 0.6 is 11.6 Å². The molecule has 0 aromatic heterocycles. The maximum absolute atomic E-state index is 13.6. The first-order valence-corrected chi connectivity index (χ1v) is 7.68. The molecule has 0 spiro atoms. The van der Waals surface area contributed by atoms with E-state index in [1.165, 1.54) is 24.3 Å². The minimum atomic E-state index is -2.87. The van der Waals surface area contributed by atoms with Gasteiger partial charge in [0.15, 0.2) is 0 Å². The van der Waals surface area contributed by atoms with Crippen LogP contribution in [0.15, 0.2) is 42.5 Å². The lowest BCUT2D eigenvalue weighted by Gasteiger charge is -2.17. The van der Waals surface area contributed by atoms with Gasteiger partial charge in [0.2, 0.25) is 5.91 Å². The zero-order valence-electron chi connectivity index (χ0n) is 13.3. The number of halogens is 4. The number of benzene rings is 2. The highest BCUT2D eigenvalue weighted by atomic mass is 35.5. The monoisotopic (exact) mass is 372 g/mol. The molecule has 1 amide bonds. The third kappa shape index (κ3) is 6.28. The Kier molecular flexibility index (Phi) is 6.66.